The zero-order valence-corrected chi connectivity index (χ0v) is 15.4. The molecule has 28 heavy (non-hydrogen) atoms. The summed E-state index contributed by atoms with van der Waals surface area (Å²) in [7, 11) is 0. The van der Waals surface area contributed by atoms with E-state index in [9.17, 15) is 9.59 Å². The summed E-state index contributed by atoms with van der Waals surface area (Å²) in [6.07, 6.45) is 3.06. The van der Waals surface area contributed by atoms with Gasteiger partial charge in [-0.25, -0.2) is 5.43 Å². The van der Waals surface area contributed by atoms with E-state index in [-0.39, 0.29) is 12.2 Å². The Labute approximate surface area is 162 Å². The van der Waals surface area contributed by atoms with Crippen LogP contribution in [-0.2, 0) is 4.79 Å². The monoisotopic (exact) mass is 376 g/mol. The quantitative estimate of drug-likeness (QED) is 0.489. The van der Waals surface area contributed by atoms with Crippen LogP contribution in [0.15, 0.2) is 65.9 Å². The Morgan fingerprint density at radius 2 is 1.93 bits per heavy atom. The summed E-state index contributed by atoms with van der Waals surface area (Å²) in [5.41, 5.74) is 3.43. The maximum Gasteiger partial charge on any atom is 0.270 e. The van der Waals surface area contributed by atoms with Crippen molar-refractivity contribution in [1.82, 2.24) is 15.7 Å². The molecule has 0 aliphatic carbocycles. The van der Waals surface area contributed by atoms with Gasteiger partial charge in [-0.2, -0.15) is 5.10 Å². The highest BCUT2D eigenvalue weighted by atomic mass is 16.5. The topological polar surface area (TPSA) is 92.7 Å². The molecule has 142 valence electrons. The number of nitrogens with zero attached hydrogens (tertiary/aromatic N) is 2. The van der Waals surface area contributed by atoms with Crippen LogP contribution in [0.3, 0.4) is 0 Å². The maximum absolute atomic E-state index is 12.0. The third-order valence-electron chi connectivity index (χ3n) is 3.92. The first-order valence-electron chi connectivity index (χ1n) is 8.84. The Morgan fingerprint density at radius 3 is 2.71 bits per heavy atom. The molecular formula is C21H20N4O3. The first-order valence-corrected chi connectivity index (χ1v) is 8.84. The molecule has 0 bridgehead atoms. The Hall–Kier alpha value is -3.74. The molecule has 0 spiro atoms. The summed E-state index contributed by atoms with van der Waals surface area (Å²) < 4.78 is 5.66. The fourth-order valence-corrected chi connectivity index (χ4v) is 2.65. The second-order valence-corrected chi connectivity index (χ2v) is 5.82. The van der Waals surface area contributed by atoms with Gasteiger partial charge in [0.05, 0.1) is 19.4 Å². The van der Waals surface area contributed by atoms with Gasteiger partial charge in [-0.3, -0.25) is 14.6 Å². The molecule has 2 aromatic carbocycles. The first-order chi connectivity index (χ1) is 13.7. The van der Waals surface area contributed by atoms with E-state index >= 15 is 0 Å². The molecule has 0 atom stereocenters. The molecule has 0 aliphatic heterocycles. The van der Waals surface area contributed by atoms with Crippen molar-refractivity contribution < 1.29 is 14.3 Å². The predicted molar refractivity (Wildman–Crippen MR) is 107 cm³/mol. The molecule has 7 heteroatoms. The van der Waals surface area contributed by atoms with Gasteiger partial charge in [0.25, 0.3) is 11.8 Å². The van der Waals surface area contributed by atoms with Crippen LogP contribution < -0.4 is 15.5 Å². The van der Waals surface area contributed by atoms with Crippen molar-refractivity contribution in [2.24, 2.45) is 5.10 Å². The normalized spacial score (nSPS) is 10.8. The lowest BCUT2D eigenvalue weighted by Gasteiger charge is -2.10. The lowest BCUT2D eigenvalue weighted by Crippen LogP contribution is -2.35. The summed E-state index contributed by atoms with van der Waals surface area (Å²) in [6.45, 7) is 2.22. The minimum absolute atomic E-state index is 0.208. The van der Waals surface area contributed by atoms with Gasteiger partial charge in [-0.05, 0) is 35.9 Å². The molecule has 7 nitrogen and oxygen atoms in total. The molecule has 0 fully saturated rings. The number of carbonyl (C=O) groups is 2. The summed E-state index contributed by atoms with van der Waals surface area (Å²) in [4.78, 5) is 27.8. The molecule has 1 heterocycles. The SMILES string of the molecule is CCOc1ccc2ccccc2c1/C=N\NC(=O)CNC(=O)c1ccccn1. The third-order valence-corrected chi connectivity index (χ3v) is 3.92. The second-order valence-electron chi connectivity index (χ2n) is 5.82. The molecule has 1 aromatic heterocycles. The van der Waals surface area contributed by atoms with E-state index < -0.39 is 11.8 Å². The number of aromatic nitrogens is 1. The lowest BCUT2D eigenvalue weighted by atomic mass is 10.0. The van der Waals surface area contributed by atoms with E-state index in [1.807, 2.05) is 43.3 Å². The molecule has 0 aliphatic rings. The van der Waals surface area contributed by atoms with Gasteiger partial charge >= 0.3 is 0 Å². The molecule has 0 saturated carbocycles. The van der Waals surface area contributed by atoms with Gasteiger partial charge in [0.2, 0.25) is 0 Å². The van der Waals surface area contributed by atoms with Crippen molar-refractivity contribution in [2.45, 2.75) is 6.92 Å². The number of rotatable bonds is 7. The fraction of sp³-hybridized carbons (Fsp3) is 0.143. The highest BCUT2D eigenvalue weighted by molar-refractivity contribution is 6.02. The van der Waals surface area contributed by atoms with Crippen LogP contribution in [0.1, 0.15) is 23.0 Å². The van der Waals surface area contributed by atoms with Crippen molar-refractivity contribution in [3.63, 3.8) is 0 Å². The molecular weight excluding hydrogens is 356 g/mol. The molecule has 0 radical (unpaired) electrons. The number of carbonyl (C=O) groups excluding carboxylic acids is 2. The molecule has 3 rings (SSSR count). The number of hydrogen-bond donors (Lipinski definition) is 2. The summed E-state index contributed by atoms with van der Waals surface area (Å²) in [6, 6.07) is 16.7. The minimum Gasteiger partial charge on any atom is -0.493 e. The Morgan fingerprint density at radius 1 is 1.11 bits per heavy atom. The van der Waals surface area contributed by atoms with Crippen LogP contribution in [0.2, 0.25) is 0 Å². The van der Waals surface area contributed by atoms with Crippen molar-refractivity contribution in [2.75, 3.05) is 13.2 Å². The zero-order valence-electron chi connectivity index (χ0n) is 15.4. The fourth-order valence-electron chi connectivity index (χ4n) is 2.65. The van der Waals surface area contributed by atoms with Crippen molar-refractivity contribution in [1.29, 1.82) is 0 Å². The average molecular weight is 376 g/mol. The standard InChI is InChI=1S/C21H20N4O3/c1-2-28-19-11-10-15-7-3-4-8-16(15)17(19)13-24-25-20(26)14-23-21(27)18-9-5-6-12-22-18/h3-13H,2,14H2,1H3,(H,23,27)(H,25,26)/b24-13-. The number of nitrogens with one attached hydrogen (secondary N) is 2. The van der Waals surface area contributed by atoms with Crippen LogP contribution in [0, 0.1) is 0 Å². The van der Waals surface area contributed by atoms with E-state index in [1.165, 1.54) is 6.20 Å². The molecule has 3 aromatic rings. The number of amides is 2. The third kappa shape index (κ3) is 4.70. The highest BCUT2D eigenvalue weighted by Gasteiger charge is 2.09. The van der Waals surface area contributed by atoms with Crippen molar-refractivity contribution >= 4 is 28.8 Å². The first kappa shape index (κ1) is 19.0. The minimum atomic E-state index is -0.446. The van der Waals surface area contributed by atoms with E-state index in [0.717, 1.165) is 16.3 Å². The van der Waals surface area contributed by atoms with Gasteiger partial charge in [0, 0.05) is 11.8 Å². The van der Waals surface area contributed by atoms with Crippen LogP contribution >= 0.6 is 0 Å². The zero-order chi connectivity index (χ0) is 19.8. The Kier molecular flexibility index (Phi) is 6.30. The molecule has 0 unspecified atom stereocenters. The van der Waals surface area contributed by atoms with E-state index in [1.54, 1.807) is 24.4 Å². The summed E-state index contributed by atoms with van der Waals surface area (Å²) in [5, 5.41) is 8.52. The number of hydrazone groups is 1. The average Bonchev–Trinajstić information content (AvgIpc) is 2.74. The van der Waals surface area contributed by atoms with Gasteiger partial charge in [-0.1, -0.05) is 36.4 Å². The van der Waals surface area contributed by atoms with Crippen LogP contribution in [0.4, 0.5) is 0 Å². The summed E-state index contributed by atoms with van der Waals surface area (Å²) in [5.74, 6) is -0.186. The number of hydrogen-bond acceptors (Lipinski definition) is 5. The Balaban J connectivity index is 1.64. The van der Waals surface area contributed by atoms with Crippen LogP contribution in [0.25, 0.3) is 10.8 Å². The van der Waals surface area contributed by atoms with Gasteiger partial charge in [0.1, 0.15) is 11.4 Å². The van der Waals surface area contributed by atoms with Gasteiger partial charge in [0.15, 0.2) is 0 Å². The van der Waals surface area contributed by atoms with Crippen molar-refractivity contribution in [3.8, 4) is 5.75 Å². The maximum atomic E-state index is 12.0. The van der Waals surface area contributed by atoms with Gasteiger partial charge in [-0.15, -0.1) is 0 Å². The number of pyridine rings is 1. The molecule has 2 amide bonds. The van der Waals surface area contributed by atoms with E-state index in [0.29, 0.717) is 12.4 Å². The van der Waals surface area contributed by atoms with E-state index in [2.05, 4.69) is 20.8 Å². The number of benzene rings is 2. The van der Waals surface area contributed by atoms with E-state index in [4.69, 9.17) is 4.74 Å². The smallest absolute Gasteiger partial charge is 0.270 e. The number of ether oxygens (including phenoxy) is 1. The van der Waals surface area contributed by atoms with Crippen LogP contribution in [-0.4, -0.2) is 36.2 Å². The second kappa shape index (κ2) is 9.27. The van der Waals surface area contributed by atoms with Crippen LogP contribution in [0.5, 0.6) is 5.75 Å². The summed E-state index contributed by atoms with van der Waals surface area (Å²) >= 11 is 0. The van der Waals surface area contributed by atoms with Crippen molar-refractivity contribution in [3.05, 3.63) is 72.1 Å². The highest BCUT2D eigenvalue weighted by Crippen LogP contribution is 2.26. The molecule has 2 N–H and O–H groups in total. The predicted octanol–water partition coefficient (Wildman–Crippen LogP) is 2.51. The molecule has 0 saturated heterocycles. The lowest BCUT2D eigenvalue weighted by molar-refractivity contribution is -0.120. The Bertz CT molecular complexity index is 1000. The number of fused-ring (bicyclic) bond motifs is 1. The largest absolute Gasteiger partial charge is 0.493 e. The van der Waals surface area contributed by atoms with Gasteiger partial charge < -0.3 is 10.1 Å².